The quantitative estimate of drug-likeness (QED) is 0.839. The molecule has 0 aromatic heterocycles. The van der Waals surface area contributed by atoms with Gasteiger partial charge in [0.2, 0.25) is 5.91 Å². The molecule has 3 nitrogen and oxygen atoms in total. The van der Waals surface area contributed by atoms with Crippen molar-refractivity contribution in [3.05, 3.63) is 0 Å². The Morgan fingerprint density at radius 3 is 2.00 bits per heavy atom. The van der Waals surface area contributed by atoms with Gasteiger partial charge in [0.1, 0.15) is 0 Å². The van der Waals surface area contributed by atoms with Gasteiger partial charge in [0.25, 0.3) is 0 Å². The van der Waals surface area contributed by atoms with E-state index in [-0.39, 0.29) is 35.9 Å². The maximum Gasteiger partial charge on any atom is 0.226 e. The molecule has 0 aliphatic heterocycles. The lowest BCUT2D eigenvalue weighted by molar-refractivity contribution is -0.143. The van der Waals surface area contributed by atoms with Crippen molar-refractivity contribution < 1.29 is 9.90 Å². The fourth-order valence-electron chi connectivity index (χ4n) is 3.25. The van der Waals surface area contributed by atoms with Crippen molar-refractivity contribution in [3.63, 3.8) is 0 Å². The van der Waals surface area contributed by atoms with E-state index in [1.165, 1.54) is 0 Å². The highest BCUT2D eigenvalue weighted by Gasteiger charge is 2.35. The Kier molecular flexibility index (Phi) is 5.64. The molecule has 1 N–H and O–H groups in total. The van der Waals surface area contributed by atoms with E-state index in [9.17, 15) is 9.90 Å². The van der Waals surface area contributed by atoms with Gasteiger partial charge in [-0.05, 0) is 46.5 Å². The molecule has 106 valence electrons. The molecule has 1 saturated carbocycles. The molecule has 0 saturated heterocycles. The highest BCUT2D eigenvalue weighted by Crippen LogP contribution is 2.32. The first-order chi connectivity index (χ1) is 8.36. The fourth-order valence-corrected chi connectivity index (χ4v) is 3.25. The minimum absolute atomic E-state index is 0.0647. The van der Waals surface area contributed by atoms with Gasteiger partial charge in [0, 0.05) is 18.0 Å². The average Bonchev–Trinajstić information content (AvgIpc) is 2.27. The second kappa shape index (κ2) is 6.55. The van der Waals surface area contributed by atoms with E-state index >= 15 is 0 Å². The summed E-state index contributed by atoms with van der Waals surface area (Å²) < 4.78 is 0. The molecule has 0 spiro atoms. The monoisotopic (exact) mass is 255 g/mol. The second-order valence-electron chi connectivity index (χ2n) is 6.24. The largest absolute Gasteiger partial charge is 0.393 e. The third-order valence-electron chi connectivity index (χ3n) is 4.18. The fraction of sp³-hybridized carbons (Fsp3) is 0.933. The number of hydrogen-bond donors (Lipinski definition) is 1. The normalized spacial score (nSPS) is 26.4. The molecule has 1 rings (SSSR count). The summed E-state index contributed by atoms with van der Waals surface area (Å²) >= 11 is 0. The van der Waals surface area contributed by atoms with Crippen LogP contribution in [0.2, 0.25) is 0 Å². The SMILES string of the molecule is CC(C)N(C(=O)[C@H](C)[C@@H]1CCCC[C@H]1O)C(C)C. The van der Waals surface area contributed by atoms with Crippen LogP contribution in [0.4, 0.5) is 0 Å². The molecule has 0 bridgehead atoms. The molecule has 3 heteroatoms. The number of amides is 1. The third-order valence-corrected chi connectivity index (χ3v) is 4.18. The van der Waals surface area contributed by atoms with Gasteiger partial charge >= 0.3 is 0 Å². The van der Waals surface area contributed by atoms with Crippen molar-refractivity contribution >= 4 is 5.91 Å². The van der Waals surface area contributed by atoms with Crippen LogP contribution >= 0.6 is 0 Å². The highest BCUT2D eigenvalue weighted by atomic mass is 16.3. The van der Waals surface area contributed by atoms with Gasteiger partial charge in [-0.15, -0.1) is 0 Å². The molecule has 1 amide bonds. The van der Waals surface area contributed by atoms with Gasteiger partial charge in [0.05, 0.1) is 6.10 Å². The van der Waals surface area contributed by atoms with Crippen LogP contribution in [0.5, 0.6) is 0 Å². The van der Waals surface area contributed by atoms with E-state index in [0.717, 1.165) is 25.7 Å². The maximum atomic E-state index is 12.6. The lowest BCUT2D eigenvalue weighted by atomic mass is 9.78. The van der Waals surface area contributed by atoms with Crippen LogP contribution in [-0.4, -0.2) is 34.1 Å². The minimum atomic E-state index is -0.293. The van der Waals surface area contributed by atoms with Crippen LogP contribution in [-0.2, 0) is 4.79 Å². The predicted molar refractivity (Wildman–Crippen MR) is 74.2 cm³/mol. The second-order valence-corrected chi connectivity index (χ2v) is 6.24. The third kappa shape index (κ3) is 3.47. The Morgan fingerprint density at radius 2 is 1.56 bits per heavy atom. The molecule has 1 fully saturated rings. The van der Waals surface area contributed by atoms with Crippen LogP contribution in [0, 0.1) is 11.8 Å². The average molecular weight is 255 g/mol. The van der Waals surface area contributed by atoms with Crippen LogP contribution < -0.4 is 0 Å². The molecule has 3 atom stereocenters. The standard InChI is InChI=1S/C15H29NO2/c1-10(2)16(11(3)4)15(18)12(5)13-8-6-7-9-14(13)17/h10-14,17H,6-9H2,1-5H3/t12-,13+,14-/m1/s1. The van der Waals surface area contributed by atoms with Crippen LogP contribution in [0.25, 0.3) is 0 Å². The molecular formula is C15H29NO2. The van der Waals surface area contributed by atoms with E-state index in [4.69, 9.17) is 0 Å². The van der Waals surface area contributed by atoms with E-state index in [1.54, 1.807) is 0 Å². The van der Waals surface area contributed by atoms with E-state index in [1.807, 2.05) is 11.8 Å². The first-order valence-corrected chi connectivity index (χ1v) is 7.36. The summed E-state index contributed by atoms with van der Waals surface area (Å²) in [5.74, 6) is 0.280. The van der Waals surface area contributed by atoms with Crippen molar-refractivity contribution in [3.8, 4) is 0 Å². The molecular weight excluding hydrogens is 226 g/mol. The van der Waals surface area contributed by atoms with Crippen molar-refractivity contribution in [2.24, 2.45) is 11.8 Å². The van der Waals surface area contributed by atoms with E-state index in [0.29, 0.717) is 0 Å². The molecule has 1 aliphatic carbocycles. The summed E-state index contributed by atoms with van der Waals surface area (Å²) in [6, 6.07) is 0.446. The zero-order chi connectivity index (χ0) is 13.9. The van der Waals surface area contributed by atoms with Gasteiger partial charge in [-0.3, -0.25) is 4.79 Å². The minimum Gasteiger partial charge on any atom is -0.393 e. The summed E-state index contributed by atoms with van der Waals surface area (Å²) in [7, 11) is 0. The Hall–Kier alpha value is -0.570. The van der Waals surface area contributed by atoms with E-state index in [2.05, 4.69) is 27.7 Å². The van der Waals surface area contributed by atoms with Crippen molar-refractivity contribution in [1.82, 2.24) is 4.90 Å². The molecule has 0 radical (unpaired) electrons. The first kappa shape index (κ1) is 15.5. The van der Waals surface area contributed by atoms with E-state index < -0.39 is 0 Å². The Morgan fingerprint density at radius 1 is 1.06 bits per heavy atom. The Labute approximate surface area is 112 Å². The van der Waals surface area contributed by atoms with Gasteiger partial charge in [-0.2, -0.15) is 0 Å². The van der Waals surface area contributed by atoms with Crippen molar-refractivity contribution in [2.45, 2.75) is 78.5 Å². The number of aliphatic hydroxyl groups is 1. The topological polar surface area (TPSA) is 40.5 Å². The lowest BCUT2D eigenvalue weighted by Crippen LogP contribution is -2.48. The number of carbonyl (C=O) groups excluding carboxylic acids is 1. The molecule has 18 heavy (non-hydrogen) atoms. The molecule has 0 unspecified atom stereocenters. The number of rotatable bonds is 4. The molecule has 0 aromatic rings. The Bertz CT molecular complexity index is 268. The van der Waals surface area contributed by atoms with Gasteiger partial charge in [-0.25, -0.2) is 0 Å². The Balaban J connectivity index is 2.74. The number of carbonyl (C=O) groups is 1. The summed E-state index contributed by atoms with van der Waals surface area (Å²) in [5.41, 5.74) is 0. The van der Waals surface area contributed by atoms with Gasteiger partial charge < -0.3 is 10.0 Å². The smallest absolute Gasteiger partial charge is 0.226 e. The number of hydrogen-bond acceptors (Lipinski definition) is 2. The predicted octanol–water partition coefficient (Wildman–Crippen LogP) is 2.82. The number of nitrogens with zero attached hydrogens (tertiary/aromatic N) is 1. The lowest BCUT2D eigenvalue weighted by Gasteiger charge is -2.38. The maximum absolute atomic E-state index is 12.6. The van der Waals surface area contributed by atoms with Gasteiger partial charge in [-0.1, -0.05) is 19.8 Å². The van der Waals surface area contributed by atoms with Crippen LogP contribution in [0.15, 0.2) is 0 Å². The number of aliphatic hydroxyl groups excluding tert-OH is 1. The van der Waals surface area contributed by atoms with Crippen LogP contribution in [0.1, 0.15) is 60.3 Å². The van der Waals surface area contributed by atoms with Crippen molar-refractivity contribution in [2.75, 3.05) is 0 Å². The summed E-state index contributed by atoms with van der Waals surface area (Å²) in [4.78, 5) is 14.5. The molecule has 0 heterocycles. The van der Waals surface area contributed by atoms with Crippen LogP contribution in [0.3, 0.4) is 0 Å². The zero-order valence-electron chi connectivity index (χ0n) is 12.5. The summed E-state index contributed by atoms with van der Waals surface area (Å²) in [6.45, 7) is 10.2. The van der Waals surface area contributed by atoms with Crippen molar-refractivity contribution in [1.29, 1.82) is 0 Å². The highest BCUT2D eigenvalue weighted by molar-refractivity contribution is 5.79. The molecule has 0 aromatic carbocycles. The van der Waals surface area contributed by atoms with Gasteiger partial charge in [0.15, 0.2) is 0 Å². The summed E-state index contributed by atoms with van der Waals surface area (Å²) in [6.07, 6.45) is 3.78. The summed E-state index contributed by atoms with van der Waals surface area (Å²) in [5, 5.41) is 10.1. The molecule has 1 aliphatic rings. The zero-order valence-corrected chi connectivity index (χ0v) is 12.5. The first-order valence-electron chi connectivity index (χ1n) is 7.36.